The average molecular weight is 473 g/mol. The molecule has 0 saturated carbocycles. The molecule has 178 valence electrons. The molecule has 1 aliphatic rings. The summed E-state index contributed by atoms with van der Waals surface area (Å²) < 4.78 is 6.78. The molecular weight excluding hydrogens is 448 g/mol. The fourth-order valence-corrected chi connectivity index (χ4v) is 4.17. The molecule has 0 aliphatic heterocycles. The van der Waals surface area contributed by atoms with E-state index in [2.05, 4.69) is 27.6 Å². The van der Waals surface area contributed by atoms with E-state index in [1.165, 1.54) is 17.9 Å². The Morgan fingerprint density at radius 3 is 2.34 bits per heavy atom. The zero-order valence-corrected chi connectivity index (χ0v) is 19.2. The minimum absolute atomic E-state index is 0.00536. The van der Waals surface area contributed by atoms with Crippen molar-refractivity contribution >= 4 is 23.7 Å². The second-order valence-electron chi connectivity index (χ2n) is 7.98. The van der Waals surface area contributed by atoms with Crippen LogP contribution in [0.3, 0.4) is 0 Å². The molecule has 0 bridgehead atoms. The Bertz CT molecular complexity index is 1310. The van der Waals surface area contributed by atoms with Gasteiger partial charge in [0, 0.05) is 19.4 Å². The standard InChI is InChI=1S/C26H24N4O5/c1-3-4-13-21(25(32)33)28-24(31)23-22(14-27-30(23)2)29-26(34)35-15-20-18-11-7-5-9-16(18)17-10-6-8-12-19(17)20/h5-12,14,20-21H,13,15H2,1-2H3,(H,28,31)(H,29,34)(H,32,33). The number of amides is 2. The summed E-state index contributed by atoms with van der Waals surface area (Å²) in [5.41, 5.74) is 4.49. The van der Waals surface area contributed by atoms with Gasteiger partial charge in [0.15, 0.2) is 0 Å². The van der Waals surface area contributed by atoms with Crippen LogP contribution in [0.2, 0.25) is 0 Å². The molecule has 9 heteroatoms. The Morgan fingerprint density at radius 2 is 1.74 bits per heavy atom. The van der Waals surface area contributed by atoms with Crippen molar-refractivity contribution in [3.05, 3.63) is 71.5 Å². The van der Waals surface area contributed by atoms with E-state index in [4.69, 9.17) is 4.74 Å². The molecular formula is C26H24N4O5. The fraction of sp³-hybridized carbons (Fsp3) is 0.231. The molecule has 9 nitrogen and oxygen atoms in total. The first kappa shape index (κ1) is 23.6. The van der Waals surface area contributed by atoms with Crippen molar-refractivity contribution in [1.29, 1.82) is 0 Å². The lowest BCUT2D eigenvalue weighted by atomic mass is 9.98. The maximum Gasteiger partial charge on any atom is 0.411 e. The quantitative estimate of drug-likeness (QED) is 0.453. The number of ether oxygens (including phenoxy) is 1. The van der Waals surface area contributed by atoms with Gasteiger partial charge in [-0.15, -0.1) is 11.8 Å². The third kappa shape index (κ3) is 4.87. The van der Waals surface area contributed by atoms with Gasteiger partial charge in [0.2, 0.25) is 0 Å². The first-order valence-corrected chi connectivity index (χ1v) is 11.0. The van der Waals surface area contributed by atoms with Crippen LogP contribution in [0.5, 0.6) is 0 Å². The van der Waals surface area contributed by atoms with Crippen LogP contribution >= 0.6 is 0 Å². The number of fused-ring (bicyclic) bond motifs is 3. The summed E-state index contributed by atoms with van der Waals surface area (Å²) in [7, 11) is 1.51. The summed E-state index contributed by atoms with van der Waals surface area (Å²) in [5.74, 6) is 3.22. The van der Waals surface area contributed by atoms with Gasteiger partial charge in [-0.25, -0.2) is 9.59 Å². The highest BCUT2D eigenvalue weighted by Gasteiger charge is 2.29. The number of aryl methyl sites for hydroxylation is 1. The number of aliphatic carboxylic acids is 1. The first-order chi connectivity index (χ1) is 16.9. The number of carbonyl (C=O) groups is 3. The van der Waals surface area contributed by atoms with E-state index in [0.29, 0.717) is 0 Å². The molecule has 0 spiro atoms. The number of carbonyl (C=O) groups excluding carboxylic acids is 2. The molecule has 3 aromatic rings. The molecule has 35 heavy (non-hydrogen) atoms. The van der Waals surface area contributed by atoms with Gasteiger partial charge >= 0.3 is 12.1 Å². The highest BCUT2D eigenvalue weighted by atomic mass is 16.5. The van der Waals surface area contributed by atoms with E-state index >= 15 is 0 Å². The number of aromatic nitrogens is 2. The molecule has 0 fully saturated rings. The summed E-state index contributed by atoms with van der Waals surface area (Å²) in [6, 6.07) is 14.8. The number of anilines is 1. The highest BCUT2D eigenvalue weighted by molar-refractivity contribution is 6.02. The Morgan fingerprint density at radius 1 is 1.11 bits per heavy atom. The summed E-state index contributed by atoms with van der Waals surface area (Å²) in [6.45, 7) is 1.69. The molecule has 1 aliphatic carbocycles. The van der Waals surface area contributed by atoms with Crippen LogP contribution < -0.4 is 10.6 Å². The summed E-state index contributed by atoms with van der Waals surface area (Å²) in [6.07, 6.45) is 0.503. The van der Waals surface area contributed by atoms with Crippen molar-refractivity contribution in [2.24, 2.45) is 7.05 Å². The molecule has 1 atom stereocenters. The van der Waals surface area contributed by atoms with Gasteiger partial charge in [-0.3, -0.25) is 14.8 Å². The number of hydrogen-bond donors (Lipinski definition) is 3. The van der Waals surface area contributed by atoms with E-state index in [9.17, 15) is 19.5 Å². The van der Waals surface area contributed by atoms with Gasteiger partial charge in [-0.1, -0.05) is 48.5 Å². The predicted molar refractivity (Wildman–Crippen MR) is 129 cm³/mol. The van der Waals surface area contributed by atoms with Crippen molar-refractivity contribution in [2.45, 2.75) is 25.3 Å². The van der Waals surface area contributed by atoms with Crippen LogP contribution in [0.25, 0.3) is 11.1 Å². The van der Waals surface area contributed by atoms with E-state index in [1.54, 1.807) is 6.92 Å². The second kappa shape index (κ2) is 10.1. The van der Waals surface area contributed by atoms with Gasteiger partial charge in [0.1, 0.15) is 18.3 Å². The van der Waals surface area contributed by atoms with Crippen LogP contribution in [0, 0.1) is 11.8 Å². The zero-order chi connectivity index (χ0) is 24.9. The van der Waals surface area contributed by atoms with Gasteiger partial charge in [-0.05, 0) is 29.2 Å². The fourth-order valence-electron chi connectivity index (χ4n) is 4.17. The summed E-state index contributed by atoms with van der Waals surface area (Å²) in [5, 5.41) is 18.3. The second-order valence-corrected chi connectivity index (χ2v) is 7.98. The van der Waals surface area contributed by atoms with Crippen molar-refractivity contribution in [1.82, 2.24) is 15.1 Å². The third-order valence-electron chi connectivity index (χ3n) is 5.82. The van der Waals surface area contributed by atoms with Crippen LogP contribution in [0.4, 0.5) is 10.5 Å². The minimum Gasteiger partial charge on any atom is -0.480 e. The van der Waals surface area contributed by atoms with E-state index in [-0.39, 0.29) is 30.3 Å². The van der Waals surface area contributed by atoms with Gasteiger partial charge in [-0.2, -0.15) is 5.10 Å². The maximum absolute atomic E-state index is 12.8. The molecule has 2 amide bonds. The molecule has 1 aromatic heterocycles. The average Bonchev–Trinajstić information content (AvgIpc) is 3.37. The zero-order valence-electron chi connectivity index (χ0n) is 19.2. The lowest BCUT2D eigenvalue weighted by Gasteiger charge is -2.15. The smallest absolute Gasteiger partial charge is 0.411 e. The van der Waals surface area contributed by atoms with Crippen LogP contribution in [0.1, 0.15) is 40.9 Å². The number of carboxylic acids is 1. The lowest BCUT2D eigenvalue weighted by Crippen LogP contribution is -2.41. The van der Waals surface area contributed by atoms with E-state index in [1.807, 2.05) is 48.5 Å². The van der Waals surface area contributed by atoms with Crippen LogP contribution in [0.15, 0.2) is 54.7 Å². The van der Waals surface area contributed by atoms with Crippen molar-refractivity contribution in [3.8, 4) is 23.0 Å². The minimum atomic E-state index is -1.21. The van der Waals surface area contributed by atoms with Crippen molar-refractivity contribution in [2.75, 3.05) is 11.9 Å². The SMILES string of the molecule is CC#CCC(NC(=O)c1c(NC(=O)OCC2c3ccccc3-c3ccccc32)cnn1C)C(=O)O. The molecule has 1 heterocycles. The number of rotatable bonds is 7. The Hall–Kier alpha value is -4.58. The molecule has 2 aromatic carbocycles. The third-order valence-corrected chi connectivity index (χ3v) is 5.82. The topological polar surface area (TPSA) is 123 Å². The maximum atomic E-state index is 12.8. The Balaban J connectivity index is 1.45. The lowest BCUT2D eigenvalue weighted by molar-refractivity contribution is -0.139. The van der Waals surface area contributed by atoms with E-state index < -0.39 is 24.0 Å². The molecule has 4 rings (SSSR count). The monoisotopic (exact) mass is 472 g/mol. The molecule has 0 radical (unpaired) electrons. The summed E-state index contributed by atoms with van der Waals surface area (Å²) >= 11 is 0. The van der Waals surface area contributed by atoms with E-state index in [0.717, 1.165) is 22.3 Å². The Labute approximate surface area is 202 Å². The molecule has 0 saturated heterocycles. The number of nitrogens with one attached hydrogen (secondary N) is 2. The van der Waals surface area contributed by atoms with Gasteiger partial charge < -0.3 is 15.2 Å². The van der Waals surface area contributed by atoms with Crippen LogP contribution in [-0.4, -0.2) is 45.5 Å². The molecule has 3 N–H and O–H groups in total. The summed E-state index contributed by atoms with van der Waals surface area (Å²) in [4.78, 5) is 36.9. The van der Waals surface area contributed by atoms with Crippen LogP contribution in [-0.2, 0) is 16.6 Å². The van der Waals surface area contributed by atoms with Gasteiger partial charge in [0.05, 0.1) is 11.9 Å². The number of benzene rings is 2. The molecule has 1 unspecified atom stereocenters. The number of carboxylic acid groups (broad SMARTS) is 1. The highest BCUT2D eigenvalue weighted by Crippen LogP contribution is 2.44. The van der Waals surface area contributed by atoms with Crippen molar-refractivity contribution < 1.29 is 24.2 Å². The predicted octanol–water partition coefficient (Wildman–Crippen LogP) is 3.38. The Kier molecular flexibility index (Phi) is 6.83. The first-order valence-electron chi connectivity index (χ1n) is 11.0. The van der Waals surface area contributed by atoms with Gasteiger partial charge in [0.25, 0.3) is 5.91 Å². The number of hydrogen-bond acceptors (Lipinski definition) is 5. The van der Waals surface area contributed by atoms with Crippen molar-refractivity contribution in [3.63, 3.8) is 0 Å². The number of nitrogens with zero attached hydrogens (tertiary/aromatic N) is 2. The largest absolute Gasteiger partial charge is 0.480 e. The normalized spacial score (nSPS) is 12.5.